The first-order chi connectivity index (χ1) is 10.0. The summed E-state index contributed by atoms with van der Waals surface area (Å²) in [7, 11) is 0. The van der Waals surface area contributed by atoms with Crippen molar-refractivity contribution >= 4 is 33.4 Å². The van der Waals surface area contributed by atoms with Gasteiger partial charge in [0.05, 0.1) is 5.02 Å². The fourth-order valence-electron chi connectivity index (χ4n) is 1.59. The molecule has 0 aliphatic heterocycles. The highest BCUT2D eigenvalue weighted by Crippen LogP contribution is 2.27. The van der Waals surface area contributed by atoms with E-state index in [4.69, 9.17) is 16.3 Å². The van der Waals surface area contributed by atoms with Crippen molar-refractivity contribution in [1.29, 1.82) is 0 Å². The summed E-state index contributed by atoms with van der Waals surface area (Å²) in [6.07, 6.45) is 0. The summed E-state index contributed by atoms with van der Waals surface area (Å²) in [6.45, 7) is 0.173. The van der Waals surface area contributed by atoms with Crippen molar-refractivity contribution in [2.75, 3.05) is 6.61 Å². The van der Waals surface area contributed by atoms with Crippen LogP contribution in [0.15, 0.2) is 46.9 Å². The number of ether oxygens (including phenoxy) is 1. The molecule has 0 saturated carbocycles. The van der Waals surface area contributed by atoms with Crippen LogP contribution in [-0.4, -0.2) is 12.5 Å². The van der Waals surface area contributed by atoms with Crippen LogP contribution in [0, 0.1) is 5.82 Å². The molecule has 0 bridgehead atoms. The monoisotopic (exact) mass is 371 g/mol. The van der Waals surface area contributed by atoms with Gasteiger partial charge in [-0.15, -0.1) is 0 Å². The molecule has 3 nitrogen and oxygen atoms in total. The van der Waals surface area contributed by atoms with Crippen molar-refractivity contribution in [1.82, 2.24) is 5.32 Å². The first-order valence-corrected chi connectivity index (χ1v) is 7.30. The minimum atomic E-state index is -0.308. The molecule has 6 heteroatoms. The Hall–Kier alpha value is -1.59. The van der Waals surface area contributed by atoms with Crippen molar-refractivity contribution in [3.05, 3.63) is 63.3 Å². The Balaban J connectivity index is 1.82. The molecule has 1 N–H and O–H groups in total. The van der Waals surface area contributed by atoms with Gasteiger partial charge in [0, 0.05) is 11.0 Å². The van der Waals surface area contributed by atoms with E-state index in [-0.39, 0.29) is 18.3 Å². The lowest BCUT2D eigenvalue weighted by Crippen LogP contribution is -2.28. The van der Waals surface area contributed by atoms with Gasteiger partial charge in [-0.1, -0.05) is 39.7 Å². The number of hydrogen-bond donors (Lipinski definition) is 1. The van der Waals surface area contributed by atoms with Gasteiger partial charge in [-0.2, -0.15) is 0 Å². The average molecular weight is 373 g/mol. The lowest BCUT2D eigenvalue weighted by molar-refractivity contribution is -0.123. The topological polar surface area (TPSA) is 38.3 Å². The SMILES string of the molecule is O=C(COc1cc(Br)ccc1Cl)NCc1ccc(F)cc1. The molecule has 2 aromatic carbocycles. The molecule has 0 aliphatic rings. The van der Waals surface area contributed by atoms with Crippen LogP contribution in [0.1, 0.15) is 5.56 Å². The third-order valence-corrected chi connectivity index (χ3v) is 3.46. The molecule has 2 aromatic rings. The second-order valence-corrected chi connectivity index (χ2v) is 5.59. The molecule has 0 aliphatic carbocycles. The van der Waals surface area contributed by atoms with E-state index in [0.717, 1.165) is 10.0 Å². The number of hydrogen-bond acceptors (Lipinski definition) is 2. The minimum absolute atomic E-state index is 0.141. The molecule has 0 atom stereocenters. The predicted octanol–water partition coefficient (Wildman–Crippen LogP) is 3.94. The minimum Gasteiger partial charge on any atom is -0.482 e. The number of nitrogens with one attached hydrogen (secondary N) is 1. The van der Waals surface area contributed by atoms with Crippen LogP contribution < -0.4 is 10.1 Å². The molecule has 0 heterocycles. The zero-order valence-corrected chi connectivity index (χ0v) is 13.2. The molecule has 0 saturated heterocycles. The smallest absolute Gasteiger partial charge is 0.258 e. The number of carbonyl (C=O) groups excluding carboxylic acids is 1. The third-order valence-electron chi connectivity index (χ3n) is 2.65. The lowest BCUT2D eigenvalue weighted by atomic mass is 10.2. The second kappa shape index (κ2) is 7.43. The normalized spacial score (nSPS) is 10.2. The quantitative estimate of drug-likeness (QED) is 0.863. The highest BCUT2D eigenvalue weighted by atomic mass is 79.9. The Morgan fingerprint density at radius 1 is 1.24 bits per heavy atom. The Bertz CT molecular complexity index is 634. The highest BCUT2D eigenvalue weighted by Gasteiger charge is 2.06. The second-order valence-electron chi connectivity index (χ2n) is 4.27. The molecule has 0 radical (unpaired) electrons. The molecule has 2 rings (SSSR count). The maximum absolute atomic E-state index is 12.7. The van der Waals surface area contributed by atoms with Gasteiger partial charge >= 0.3 is 0 Å². The van der Waals surface area contributed by atoms with Gasteiger partial charge in [-0.05, 0) is 35.9 Å². The van der Waals surface area contributed by atoms with Crippen molar-refractivity contribution in [3.8, 4) is 5.75 Å². The zero-order chi connectivity index (χ0) is 15.2. The summed E-state index contributed by atoms with van der Waals surface area (Å²) in [5.41, 5.74) is 0.810. The molecule has 0 aromatic heterocycles. The van der Waals surface area contributed by atoms with E-state index in [2.05, 4.69) is 21.2 Å². The van der Waals surface area contributed by atoms with Gasteiger partial charge in [-0.25, -0.2) is 4.39 Å². The van der Waals surface area contributed by atoms with Crippen LogP contribution in [0.2, 0.25) is 5.02 Å². The van der Waals surface area contributed by atoms with Crippen LogP contribution in [0.5, 0.6) is 5.75 Å². The maximum Gasteiger partial charge on any atom is 0.258 e. The molecular formula is C15H12BrClFNO2. The number of benzene rings is 2. The van der Waals surface area contributed by atoms with E-state index >= 15 is 0 Å². The molecular weight excluding hydrogens is 361 g/mol. The predicted molar refractivity (Wildman–Crippen MR) is 82.9 cm³/mol. The van der Waals surface area contributed by atoms with Crippen LogP contribution in [0.25, 0.3) is 0 Å². The Morgan fingerprint density at radius 3 is 2.67 bits per heavy atom. The molecule has 0 unspecified atom stereocenters. The maximum atomic E-state index is 12.7. The van der Waals surface area contributed by atoms with E-state index in [1.54, 1.807) is 30.3 Å². The average Bonchev–Trinajstić information content (AvgIpc) is 2.47. The van der Waals surface area contributed by atoms with Gasteiger partial charge in [0.1, 0.15) is 11.6 Å². The third kappa shape index (κ3) is 5.02. The van der Waals surface area contributed by atoms with E-state index in [0.29, 0.717) is 17.3 Å². The first-order valence-electron chi connectivity index (χ1n) is 6.13. The van der Waals surface area contributed by atoms with Crippen molar-refractivity contribution in [3.63, 3.8) is 0 Å². The highest BCUT2D eigenvalue weighted by molar-refractivity contribution is 9.10. The van der Waals surface area contributed by atoms with E-state index < -0.39 is 0 Å². The fraction of sp³-hybridized carbons (Fsp3) is 0.133. The van der Waals surface area contributed by atoms with Gasteiger partial charge in [0.15, 0.2) is 6.61 Å². The molecule has 1 amide bonds. The van der Waals surface area contributed by atoms with Crippen LogP contribution in [0.4, 0.5) is 4.39 Å². The largest absolute Gasteiger partial charge is 0.482 e. The summed E-state index contributed by atoms with van der Waals surface area (Å²) in [4.78, 5) is 11.7. The molecule has 0 fully saturated rings. The van der Waals surface area contributed by atoms with Gasteiger partial charge in [0.2, 0.25) is 0 Å². The zero-order valence-electron chi connectivity index (χ0n) is 10.9. The molecule has 21 heavy (non-hydrogen) atoms. The van der Waals surface area contributed by atoms with Crippen LogP contribution in [-0.2, 0) is 11.3 Å². The Labute approximate surface area is 135 Å². The fourth-order valence-corrected chi connectivity index (χ4v) is 2.10. The lowest BCUT2D eigenvalue weighted by Gasteiger charge is -2.09. The van der Waals surface area contributed by atoms with Gasteiger partial charge in [-0.3, -0.25) is 4.79 Å². The summed E-state index contributed by atoms with van der Waals surface area (Å²) >= 11 is 9.26. The standard InChI is InChI=1S/C15H12BrClFNO2/c16-11-3-6-13(17)14(7-11)21-9-15(20)19-8-10-1-4-12(18)5-2-10/h1-7H,8-9H2,(H,19,20). The van der Waals surface area contributed by atoms with Gasteiger partial charge < -0.3 is 10.1 Å². The molecule has 0 spiro atoms. The van der Waals surface area contributed by atoms with Crippen molar-refractivity contribution in [2.24, 2.45) is 0 Å². The summed E-state index contributed by atoms with van der Waals surface area (Å²) in [5, 5.41) is 3.12. The van der Waals surface area contributed by atoms with E-state index in [1.807, 2.05) is 0 Å². The first kappa shape index (κ1) is 15.8. The van der Waals surface area contributed by atoms with Gasteiger partial charge in [0.25, 0.3) is 5.91 Å². The number of rotatable bonds is 5. The number of halogens is 3. The van der Waals surface area contributed by atoms with Crippen LogP contribution in [0.3, 0.4) is 0 Å². The number of carbonyl (C=O) groups is 1. The van der Waals surface area contributed by atoms with Crippen molar-refractivity contribution in [2.45, 2.75) is 6.54 Å². The van der Waals surface area contributed by atoms with Crippen LogP contribution >= 0.6 is 27.5 Å². The summed E-state index contributed by atoms with van der Waals surface area (Å²) in [6, 6.07) is 11.1. The Morgan fingerprint density at radius 2 is 1.95 bits per heavy atom. The summed E-state index contributed by atoms with van der Waals surface area (Å²) in [5.74, 6) is -0.156. The van der Waals surface area contributed by atoms with E-state index in [1.165, 1.54) is 12.1 Å². The summed E-state index contributed by atoms with van der Waals surface area (Å²) < 4.78 is 18.9. The number of amides is 1. The van der Waals surface area contributed by atoms with E-state index in [9.17, 15) is 9.18 Å². The molecule has 110 valence electrons. The van der Waals surface area contributed by atoms with Crippen molar-refractivity contribution < 1.29 is 13.9 Å². The Kier molecular flexibility index (Phi) is 5.59.